The summed E-state index contributed by atoms with van der Waals surface area (Å²) >= 11 is 0. The molecule has 0 aliphatic carbocycles. The molecule has 0 saturated carbocycles. The Hall–Kier alpha value is -1.48. The summed E-state index contributed by atoms with van der Waals surface area (Å²) in [6.45, 7) is 3.42. The first-order valence-electron chi connectivity index (χ1n) is 11.1. The van der Waals surface area contributed by atoms with Crippen LogP contribution in [-0.4, -0.2) is 70.7 Å². The van der Waals surface area contributed by atoms with Gasteiger partial charge in [0.1, 0.15) is 13.1 Å². The Labute approximate surface area is 219 Å². The van der Waals surface area contributed by atoms with E-state index >= 15 is 0 Å². The minimum absolute atomic E-state index is 0. The van der Waals surface area contributed by atoms with Crippen molar-refractivity contribution in [2.75, 3.05) is 41.3 Å². The molecule has 0 aromatic heterocycles. The lowest BCUT2D eigenvalue weighted by molar-refractivity contribution is -0.904. The Morgan fingerprint density at radius 1 is 0.545 bits per heavy atom. The molecule has 2 aromatic carbocycles. The minimum Gasteiger partial charge on any atom is -1.00 e. The number of phenols is 4. The first-order chi connectivity index (χ1) is 14.5. The second-order valence-corrected chi connectivity index (χ2v) is 9.97. The van der Waals surface area contributed by atoms with E-state index in [2.05, 4.69) is 28.2 Å². The quantitative estimate of drug-likeness (QED) is 0.135. The maximum absolute atomic E-state index is 10.0. The summed E-state index contributed by atoms with van der Waals surface area (Å²) < 4.78 is 1.54. The van der Waals surface area contributed by atoms with Gasteiger partial charge in [0, 0.05) is 0 Å². The van der Waals surface area contributed by atoms with Gasteiger partial charge in [0.05, 0.1) is 52.4 Å². The number of aromatic hydroxyl groups is 4. The maximum atomic E-state index is 10.0. The lowest BCUT2D eigenvalue weighted by atomic mass is 10.1. The van der Waals surface area contributed by atoms with Crippen molar-refractivity contribution < 1.29 is 63.4 Å². The summed E-state index contributed by atoms with van der Waals surface area (Å²) in [4.78, 5) is 0. The van der Waals surface area contributed by atoms with Crippen molar-refractivity contribution in [3.05, 3.63) is 47.5 Å². The van der Waals surface area contributed by atoms with E-state index in [0.29, 0.717) is 13.1 Å². The van der Waals surface area contributed by atoms with Crippen LogP contribution in [0.25, 0.3) is 0 Å². The van der Waals surface area contributed by atoms with Crippen molar-refractivity contribution in [3.63, 3.8) is 0 Å². The predicted molar refractivity (Wildman–Crippen MR) is 124 cm³/mol. The Morgan fingerprint density at radius 3 is 1.24 bits per heavy atom. The number of benzene rings is 2. The number of nitrogens with zero attached hydrogens (tertiary/aromatic N) is 2. The number of rotatable bonds is 12. The predicted octanol–water partition coefficient (Wildman–Crippen LogP) is -1.68. The third kappa shape index (κ3) is 10.5. The summed E-state index contributed by atoms with van der Waals surface area (Å²) in [5, 5.41) is 39.4. The Morgan fingerprint density at radius 2 is 0.879 bits per heavy atom. The van der Waals surface area contributed by atoms with E-state index < -0.39 is 0 Å². The average Bonchev–Trinajstić information content (AvgIpc) is 2.68. The van der Waals surface area contributed by atoms with Crippen molar-refractivity contribution >= 4 is 0 Å². The van der Waals surface area contributed by atoms with Gasteiger partial charge in [0.2, 0.25) is 0 Å². The number of unbranched alkanes of at least 4 members (excludes halogenated alkanes) is 4. The molecule has 4 N–H and O–H groups in total. The van der Waals surface area contributed by atoms with E-state index in [1.54, 1.807) is 12.1 Å². The zero-order valence-corrected chi connectivity index (χ0v) is 23.4. The highest BCUT2D eigenvalue weighted by Crippen LogP contribution is 2.31. The van der Waals surface area contributed by atoms with Gasteiger partial charge in [-0.25, -0.2) is 0 Å². The standard InChI is InChI=1S/C25H38N2O4.2BrH/c1-26(2,18-20-12-10-14-22(28)24(20)30)16-8-6-5-7-9-17-27(3,4)19-21-13-11-15-23(29)25(21)31;;/h10-15H,5-9,16-19H2,1-4H3,(H2-2,28,29,30,31);2*1H. The Kier molecular flexibility index (Phi) is 13.4. The summed E-state index contributed by atoms with van der Waals surface area (Å²) in [6, 6.07) is 10.3. The fraction of sp³-hybridized carbons (Fsp3) is 0.520. The van der Waals surface area contributed by atoms with Gasteiger partial charge in [-0.2, -0.15) is 0 Å². The van der Waals surface area contributed by atoms with Crippen molar-refractivity contribution in [1.29, 1.82) is 0 Å². The van der Waals surface area contributed by atoms with Gasteiger partial charge in [0.25, 0.3) is 0 Å². The van der Waals surface area contributed by atoms with Crippen LogP contribution in [0.5, 0.6) is 23.0 Å². The molecule has 0 aliphatic heterocycles. The van der Waals surface area contributed by atoms with Crippen LogP contribution in [-0.2, 0) is 13.1 Å². The van der Waals surface area contributed by atoms with Gasteiger partial charge in [-0.05, 0) is 49.9 Å². The number of hydrogen-bond acceptors (Lipinski definition) is 4. The molecule has 0 amide bonds. The molecule has 0 aliphatic rings. The second-order valence-electron chi connectivity index (χ2n) is 9.97. The van der Waals surface area contributed by atoms with E-state index in [9.17, 15) is 20.4 Å². The summed E-state index contributed by atoms with van der Waals surface area (Å²) in [6.07, 6.45) is 5.79. The zero-order valence-electron chi connectivity index (χ0n) is 20.3. The molecule has 8 heteroatoms. The van der Waals surface area contributed by atoms with Crippen molar-refractivity contribution in [1.82, 2.24) is 0 Å². The van der Waals surface area contributed by atoms with E-state index in [1.807, 2.05) is 12.1 Å². The number of phenolic OH excluding ortho intramolecular Hbond substituents is 4. The molecule has 2 rings (SSSR count). The molecular weight excluding hydrogens is 552 g/mol. The molecule has 0 atom stereocenters. The number of hydrogen-bond donors (Lipinski definition) is 4. The van der Waals surface area contributed by atoms with Crippen molar-refractivity contribution in [2.24, 2.45) is 0 Å². The number of para-hydroxylation sites is 2. The van der Waals surface area contributed by atoms with Gasteiger partial charge in [-0.3, -0.25) is 0 Å². The van der Waals surface area contributed by atoms with Crippen LogP contribution in [0, 0.1) is 0 Å². The lowest BCUT2D eigenvalue weighted by Gasteiger charge is -2.30. The van der Waals surface area contributed by atoms with Gasteiger partial charge in [0.15, 0.2) is 23.0 Å². The van der Waals surface area contributed by atoms with Crippen LogP contribution < -0.4 is 34.0 Å². The van der Waals surface area contributed by atoms with Crippen LogP contribution in [0.2, 0.25) is 0 Å². The molecule has 188 valence electrons. The topological polar surface area (TPSA) is 80.9 Å². The fourth-order valence-corrected chi connectivity index (χ4v) is 4.10. The molecule has 2 aromatic rings. The number of halogens is 2. The first-order valence-corrected chi connectivity index (χ1v) is 11.1. The van der Waals surface area contributed by atoms with Gasteiger partial charge in [-0.1, -0.05) is 18.6 Å². The third-order valence-electron chi connectivity index (χ3n) is 5.92. The van der Waals surface area contributed by atoms with Crippen molar-refractivity contribution in [2.45, 2.75) is 45.2 Å². The summed E-state index contributed by atoms with van der Waals surface area (Å²) in [7, 11) is 8.61. The molecule has 6 nitrogen and oxygen atoms in total. The molecule has 33 heavy (non-hydrogen) atoms. The maximum Gasteiger partial charge on any atom is 0.166 e. The summed E-state index contributed by atoms with van der Waals surface area (Å²) in [5.41, 5.74) is 1.56. The summed E-state index contributed by atoms with van der Waals surface area (Å²) in [5.74, 6) is -0.127. The monoisotopic (exact) mass is 590 g/mol. The van der Waals surface area contributed by atoms with Crippen LogP contribution in [0.1, 0.15) is 43.2 Å². The Bertz CT molecular complexity index is 791. The van der Waals surface area contributed by atoms with E-state index in [0.717, 1.165) is 46.0 Å². The van der Waals surface area contributed by atoms with Gasteiger partial charge >= 0.3 is 0 Å². The average molecular weight is 592 g/mol. The molecule has 0 unspecified atom stereocenters. The van der Waals surface area contributed by atoms with E-state index in [1.165, 1.54) is 31.4 Å². The van der Waals surface area contributed by atoms with Crippen molar-refractivity contribution in [3.8, 4) is 23.0 Å². The fourth-order valence-electron chi connectivity index (χ4n) is 4.10. The smallest absolute Gasteiger partial charge is 0.166 e. The molecule has 0 spiro atoms. The molecule has 0 saturated heterocycles. The highest BCUT2D eigenvalue weighted by Gasteiger charge is 2.20. The van der Waals surface area contributed by atoms with Crippen LogP contribution >= 0.6 is 0 Å². The second kappa shape index (κ2) is 14.0. The highest BCUT2D eigenvalue weighted by molar-refractivity contribution is 5.44. The zero-order chi connectivity index (χ0) is 23.1. The molecule has 0 bridgehead atoms. The normalized spacial score (nSPS) is 11.5. The molecule has 0 radical (unpaired) electrons. The molecule has 0 fully saturated rings. The highest BCUT2D eigenvalue weighted by atomic mass is 79.9. The van der Waals surface area contributed by atoms with Crippen LogP contribution in [0.4, 0.5) is 0 Å². The largest absolute Gasteiger partial charge is 1.00 e. The van der Waals surface area contributed by atoms with E-state index in [4.69, 9.17) is 0 Å². The van der Waals surface area contributed by atoms with Gasteiger partial charge < -0.3 is 63.4 Å². The van der Waals surface area contributed by atoms with Crippen LogP contribution in [0.15, 0.2) is 36.4 Å². The minimum atomic E-state index is -0.0573. The first kappa shape index (κ1) is 31.5. The molecular formula is C25H40Br2N2O4. The third-order valence-corrected chi connectivity index (χ3v) is 5.92. The van der Waals surface area contributed by atoms with E-state index in [-0.39, 0.29) is 57.0 Å². The van der Waals surface area contributed by atoms with Gasteiger partial charge in [-0.15, -0.1) is 0 Å². The molecule has 0 heterocycles. The number of quaternary nitrogens is 2. The lowest BCUT2D eigenvalue weighted by Crippen LogP contribution is -3.00. The van der Waals surface area contributed by atoms with Crippen LogP contribution in [0.3, 0.4) is 0 Å². The SMILES string of the molecule is C[N+](C)(CCCCCCC[N+](C)(C)Cc1cccc(O)c1O)Cc1cccc(O)c1O.[Br-].[Br-]. The Balaban J connectivity index is 0.00000512.